The Hall–Kier alpha value is -6.46. The third-order valence-electron chi connectivity index (χ3n) is 13.0. The van der Waals surface area contributed by atoms with Crippen LogP contribution in [0.3, 0.4) is 0 Å². The Morgan fingerprint density at radius 1 is 0.579 bits per heavy atom. The summed E-state index contributed by atoms with van der Waals surface area (Å²) in [5.41, 5.74) is 19.9. The predicted molar refractivity (Wildman–Crippen MR) is 236 cm³/mol. The molecule has 0 radical (unpaired) electrons. The third kappa shape index (κ3) is 4.35. The lowest BCUT2D eigenvalue weighted by Gasteiger charge is -2.42. The second-order valence-corrected chi connectivity index (χ2v) is 17.8. The molecule has 0 amide bonds. The Balaban J connectivity index is 1.22. The number of fused-ring (bicyclic) bond motifs is 11. The molecule has 0 spiro atoms. The molecule has 0 N–H and O–H groups in total. The number of nitrogens with zero attached hydrogens (tertiary/aromatic N) is 2. The van der Waals surface area contributed by atoms with Gasteiger partial charge in [0.25, 0.3) is 0 Å². The fourth-order valence-electron chi connectivity index (χ4n) is 10.4. The van der Waals surface area contributed by atoms with Gasteiger partial charge in [-0.25, -0.2) is 0 Å². The van der Waals surface area contributed by atoms with E-state index >= 15 is 0 Å². The van der Waals surface area contributed by atoms with Crippen LogP contribution in [0, 0.1) is 6.92 Å². The van der Waals surface area contributed by atoms with Gasteiger partial charge in [0.2, 0.25) is 0 Å². The first-order chi connectivity index (χ1) is 27.6. The zero-order chi connectivity index (χ0) is 38.5. The van der Waals surface area contributed by atoms with Gasteiger partial charge in [-0.2, -0.15) is 0 Å². The molecule has 0 atom stereocenters. The van der Waals surface area contributed by atoms with Gasteiger partial charge in [-0.1, -0.05) is 132 Å². The van der Waals surface area contributed by atoms with Crippen LogP contribution in [0.4, 0.5) is 17.1 Å². The molecule has 8 aromatic rings. The summed E-state index contributed by atoms with van der Waals surface area (Å²) in [5, 5.41) is 1.33. The summed E-state index contributed by atoms with van der Waals surface area (Å²) >= 11 is 0. The van der Waals surface area contributed by atoms with E-state index < -0.39 is 0 Å². The zero-order valence-electron chi connectivity index (χ0n) is 33.1. The molecule has 0 bridgehead atoms. The molecule has 0 unspecified atom stereocenters. The minimum Gasteiger partial charge on any atom is -0.450 e. The number of aromatic nitrogens is 1. The molecular formula is C52H41BN2O2. The number of para-hydroxylation sites is 3. The van der Waals surface area contributed by atoms with E-state index in [-0.39, 0.29) is 17.7 Å². The summed E-state index contributed by atoms with van der Waals surface area (Å²) in [4.78, 5) is 2.52. The molecule has 3 aliphatic heterocycles. The van der Waals surface area contributed by atoms with E-state index in [1.165, 1.54) is 83.3 Å². The number of anilines is 3. The molecule has 7 aromatic carbocycles. The van der Waals surface area contributed by atoms with Gasteiger partial charge in [-0.15, -0.1) is 0 Å². The maximum atomic E-state index is 6.73. The van der Waals surface area contributed by atoms with Gasteiger partial charge >= 0.3 is 6.85 Å². The summed E-state index contributed by atoms with van der Waals surface area (Å²) in [6.07, 6.45) is 0. The van der Waals surface area contributed by atoms with E-state index in [1.54, 1.807) is 0 Å². The lowest BCUT2D eigenvalue weighted by atomic mass is 9.45. The molecule has 4 nitrogen and oxygen atoms in total. The van der Waals surface area contributed by atoms with Crippen molar-refractivity contribution in [3.63, 3.8) is 0 Å². The number of benzene rings is 7. The van der Waals surface area contributed by atoms with Crippen LogP contribution in [0.15, 0.2) is 140 Å². The van der Waals surface area contributed by atoms with Gasteiger partial charge in [0.15, 0.2) is 23.0 Å². The number of hydrogen-bond acceptors (Lipinski definition) is 3. The molecule has 12 rings (SSSR count). The maximum absolute atomic E-state index is 6.73. The van der Waals surface area contributed by atoms with Crippen LogP contribution in [0.25, 0.3) is 44.4 Å². The number of aryl methyl sites for hydroxylation is 1. The molecule has 57 heavy (non-hydrogen) atoms. The molecule has 0 saturated carbocycles. The van der Waals surface area contributed by atoms with Gasteiger partial charge in [-0.05, 0) is 93.0 Å². The van der Waals surface area contributed by atoms with Crippen molar-refractivity contribution >= 4 is 45.7 Å². The van der Waals surface area contributed by atoms with Gasteiger partial charge in [-0.3, -0.25) is 0 Å². The Morgan fingerprint density at radius 2 is 1.28 bits per heavy atom. The van der Waals surface area contributed by atoms with Crippen LogP contribution in [-0.4, -0.2) is 11.3 Å². The van der Waals surface area contributed by atoms with Crippen molar-refractivity contribution in [2.75, 3.05) is 4.90 Å². The second kappa shape index (κ2) is 11.1. The lowest BCUT2D eigenvalue weighted by Crippen LogP contribution is -2.57. The molecule has 1 aliphatic carbocycles. The van der Waals surface area contributed by atoms with Crippen molar-refractivity contribution < 1.29 is 9.47 Å². The lowest BCUT2D eigenvalue weighted by molar-refractivity contribution is 0.360. The Labute approximate surface area is 334 Å². The quantitative estimate of drug-likeness (QED) is 0.165. The van der Waals surface area contributed by atoms with Crippen LogP contribution < -0.4 is 25.3 Å². The molecular weight excluding hydrogens is 695 g/mol. The molecule has 4 heterocycles. The Kier molecular flexibility index (Phi) is 6.38. The number of rotatable bonds is 2. The first-order valence-corrected chi connectivity index (χ1v) is 20.1. The van der Waals surface area contributed by atoms with Crippen LogP contribution in [0.5, 0.6) is 23.0 Å². The topological polar surface area (TPSA) is 26.6 Å². The van der Waals surface area contributed by atoms with Crippen LogP contribution >= 0.6 is 0 Å². The highest BCUT2D eigenvalue weighted by atomic mass is 16.6. The van der Waals surface area contributed by atoms with Crippen molar-refractivity contribution in [2.45, 2.75) is 52.4 Å². The normalized spacial score (nSPS) is 14.8. The monoisotopic (exact) mass is 736 g/mol. The summed E-state index contributed by atoms with van der Waals surface area (Å²) in [5.74, 6) is 2.90. The molecule has 0 saturated heterocycles. The summed E-state index contributed by atoms with van der Waals surface area (Å²) in [6.45, 7) is 13.8. The van der Waals surface area contributed by atoms with Crippen LogP contribution in [0.1, 0.15) is 56.9 Å². The SMILES string of the molecule is Cc1cc2c3c(c1)N(c1ccc(C(C)(C)C)cc1-c1ccccc1)c1cc4c(cc1B3n1c3c(c5cccc-2c51)C(C)(C)c1ccccc1-3)Oc1ccccc1O4. The first kappa shape index (κ1) is 32.8. The average Bonchev–Trinajstić information content (AvgIpc) is 3.68. The smallest absolute Gasteiger partial charge is 0.333 e. The molecule has 274 valence electrons. The third-order valence-corrected chi connectivity index (χ3v) is 13.0. The van der Waals surface area contributed by atoms with Crippen molar-refractivity contribution in [3.8, 4) is 56.5 Å². The Bertz CT molecular complexity index is 3060. The highest BCUT2D eigenvalue weighted by Gasteiger charge is 2.49. The molecule has 1 aromatic heterocycles. The van der Waals surface area contributed by atoms with E-state index in [4.69, 9.17) is 9.47 Å². The van der Waals surface area contributed by atoms with E-state index in [2.05, 4.69) is 166 Å². The highest BCUT2D eigenvalue weighted by molar-refractivity contribution is 6.89. The van der Waals surface area contributed by atoms with E-state index in [0.29, 0.717) is 5.75 Å². The largest absolute Gasteiger partial charge is 0.450 e. The standard InChI is InChI=1S/C52H41BN2O2/c1-30-25-37-33-18-14-19-35-47-50(34-17-10-11-20-38(34)52(47,5)6)55(49(33)35)53-39-28-45-46(57-44-22-13-12-21-43(44)56-45)29-41(39)54(42(26-30)48(37)53)40-24-23-32(51(2,3)4)27-36(40)31-15-8-7-9-16-31/h7-29H,1-6H3. The summed E-state index contributed by atoms with van der Waals surface area (Å²) in [6, 6.07) is 51.2. The molecule has 0 fully saturated rings. The maximum Gasteiger partial charge on any atom is 0.333 e. The molecule has 5 heteroatoms. The average molecular weight is 737 g/mol. The van der Waals surface area contributed by atoms with Crippen molar-refractivity contribution in [2.24, 2.45) is 0 Å². The van der Waals surface area contributed by atoms with Crippen molar-refractivity contribution in [3.05, 3.63) is 162 Å². The highest BCUT2D eigenvalue weighted by Crippen LogP contribution is 2.57. The number of ether oxygens (including phenoxy) is 2. The van der Waals surface area contributed by atoms with Crippen molar-refractivity contribution in [1.29, 1.82) is 0 Å². The van der Waals surface area contributed by atoms with Gasteiger partial charge in [0.05, 0.1) is 5.69 Å². The van der Waals surface area contributed by atoms with Gasteiger partial charge < -0.3 is 18.9 Å². The first-order valence-electron chi connectivity index (χ1n) is 20.1. The fraction of sp³-hybridized carbons (Fsp3) is 0.154. The Morgan fingerprint density at radius 3 is 2.05 bits per heavy atom. The van der Waals surface area contributed by atoms with Gasteiger partial charge in [0, 0.05) is 56.1 Å². The zero-order valence-corrected chi connectivity index (χ0v) is 33.1. The molecule has 4 aliphatic rings. The number of hydrogen-bond donors (Lipinski definition) is 0. The van der Waals surface area contributed by atoms with Crippen LogP contribution in [-0.2, 0) is 10.8 Å². The van der Waals surface area contributed by atoms with E-state index in [9.17, 15) is 0 Å². The van der Waals surface area contributed by atoms with E-state index in [0.717, 1.165) is 28.6 Å². The minimum atomic E-state index is -0.164. The second-order valence-electron chi connectivity index (χ2n) is 17.8. The predicted octanol–water partition coefficient (Wildman–Crippen LogP) is 12.5. The summed E-state index contributed by atoms with van der Waals surface area (Å²) < 4.78 is 16.1. The van der Waals surface area contributed by atoms with Gasteiger partial charge in [0.1, 0.15) is 0 Å². The summed E-state index contributed by atoms with van der Waals surface area (Å²) in [7, 11) is 0. The minimum absolute atomic E-state index is 0.0267. The van der Waals surface area contributed by atoms with Crippen molar-refractivity contribution in [1.82, 2.24) is 4.48 Å². The van der Waals surface area contributed by atoms with E-state index in [1.807, 2.05) is 24.3 Å². The fourth-order valence-corrected chi connectivity index (χ4v) is 10.4. The van der Waals surface area contributed by atoms with Crippen LogP contribution in [0.2, 0.25) is 0 Å².